The van der Waals surface area contributed by atoms with Gasteiger partial charge in [0.25, 0.3) is 0 Å². The SMILES string of the molecule is CCN1CCN(C(=O)CCN(Cc2ccccc2F)S(C)(=O)=O)CC1. The summed E-state index contributed by atoms with van der Waals surface area (Å²) in [5, 5.41) is 0. The number of halogens is 1. The van der Waals surface area contributed by atoms with E-state index in [4.69, 9.17) is 0 Å². The molecule has 8 heteroatoms. The molecular formula is C17H26FN3O3S. The molecule has 1 heterocycles. The quantitative estimate of drug-likeness (QED) is 0.721. The van der Waals surface area contributed by atoms with E-state index in [0.29, 0.717) is 18.7 Å². The lowest BCUT2D eigenvalue weighted by Gasteiger charge is -2.34. The third-order valence-corrected chi connectivity index (χ3v) is 5.77. The lowest BCUT2D eigenvalue weighted by Crippen LogP contribution is -2.49. The molecule has 0 atom stereocenters. The van der Waals surface area contributed by atoms with E-state index in [2.05, 4.69) is 11.8 Å². The number of rotatable bonds is 7. The summed E-state index contributed by atoms with van der Waals surface area (Å²) in [7, 11) is -3.53. The Kier molecular flexibility index (Phi) is 6.92. The Hall–Kier alpha value is -1.51. The van der Waals surface area contributed by atoms with E-state index in [1.807, 2.05) is 0 Å². The molecule has 25 heavy (non-hydrogen) atoms. The number of amides is 1. The predicted molar refractivity (Wildman–Crippen MR) is 95.0 cm³/mol. The third-order valence-electron chi connectivity index (χ3n) is 4.52. The Balaban J connectivity index is 1.94. The molecule has 0 N–H and O–H groups in total. The van der Waals surface area contributed by atoms with Gasteiger partial charge in [0, 0.05) is 51.3 Å². The number of sulfonamides is 1. The lowest BCUT2D eigenvalue weighted by atomic mass is 10.2. The first kappa shape index (κ1) is 19.8. The van der Waals surface area contributed by atoms with Gasteiger partial charge in [0.05, 0.1) is 6.26 Å². The Morgan fingerprint density at radius 2 is 1.84 bits per heavy atom. The zero-order chi connectivity index (χ0) is 18.4. The molecule has 0 radical (unpaired) electrons. The van der Waals surface area contributed by atoms with Crippen LogP contribution in [0, 0.1) is 5.82 Å². The summed E-state index contributed by atoms with van der Waals surface area (Å²) in [6, 6.07) is 6.08. The topological polar surface area (TPSA) is 60.9 Å². The van der Waals surface area contributed by atoms with Crippen molar-refractivity contribution < 1.29 is 17.6 Å². The zero-order valence-electron chi connectivity index (χ0n) is 14.8. The summed E-state index contributed by atoms with van der Waals surface area (Å²) in [6.07, 6.45) is 1.19. The monoisotopic (exact) mass is 371 g/mol. The number of nitrogens with zero attached hydrogens (tertiary/aromatic N) is 3. The van der Waals surface area contributed by atoms with Crippen LogP contribution < -0.4 is 0 Å². The van der Waals surface area contributed by atoms with Crippen molar-refractivity contribution in [3.63, 3.8) is 0 Å². The molecule has 1 aliphatic heterocycles. The van der Waals surface area contributed by atoms with Crippen molar-refractivity contribution in [1.82, 2.24) is 14.1 Å². The molecule has 1 aromatic rings. The molecule has 1 saturated heterocycles. The van der Waals surface area contributed by atoms with Gasteiger partial charge < -0.3 is 9.80 Å². The largest absolute Gasteiger partial charge is 0.340 e. The number of hydrogen-bond donors (Lipinski definition) is 0. The van der Waals surface area contributed by atoms with E-state index >= 15 is 0 Å². The Labute approximate surface area is 149 Å². The Bertz CT molecular complexity index is 688. The second-order valence-corrected chi connectivity index (χ2v) is 8.24. The number of carbonyl (C=O) groups excluding carboxylic acids is 1. The maximum absolute atomic E-state index is 13.8. The van der Waals surface area contributed by atoms with Crippen molar-refractivity contribution >= 4 is 15.9 Å². The summed E-state index contributed by atoms with van der Waals surface area (Å²) in [5.74, 6) is -0.504. The first-order chi connectivity index (χ1) is 11.8. The normalized spacial score (nSPS) is 16.4. The molecule has 1 aromatic carbocycles. The van der Waals surface area contributed by atoms with Gasteiger partial charge in [-0.25, -0.2) is 12.8 Å². The zero-order valence-corrected chi connectivity index (χ0v) is 15.6. The fourth-order valence-electron chi connectivity index (χ4n) is 2.87. The van der Waals surface area contributed by atoms with Gasteiger partial charge in [-0.1, -0.05) is 25.1 Å². The van der Waals surface area contributed by atoms with Crippen molar-refractivity contribution in [3.05, 3.63) is 35.6 Å². The summed E-state index contributed by atoms with van der Waals surface area (Å²) >= 11 is 0. The van der Waals surface area contributed by atoms with Crippen LogP contribution in [-0.4, -0.2) is 74.0 Å². The van der Waals surface area contributed by atoms with E-state index in [-0.39, 0.29) is 25.4 Å². The second kappa shape index (κ2) is 8.73. The van der Waals surface area contributed by atoms with Crippen LogP contribution in [0.4, 0.5) is 4.39 Å². The average Bonchev–Trinajstić information content (AvgIpc) is 2.59. The average molecular weight is 371 g/mol. The number of hydrogen-bond acceptors (Lipinski definition) is 4. The van der Waals surface area contributed by atoms with Gasteiger partial charge >= 0.3 is 0 Å². The minimum atomic E-state index is -3.53. The molecule has 2 rings (SSSR count). The molecule has 0 bridgehead atoms. The molecule has 1 aliphatic rings. The molecule has 0 spiro atoms. The van der Waals surface area contributed by atoms with Gasteiger partial charge in [0.15, 0.2) is 0 Å². The number of piperazine rings is 1. The minimum absolute atomic E-state index is 0.0555. The summed E-state index contributed by atoms with van der Waals surface area (Å²) in [5.41, 5.74) is 0.303. The first-order valence-electron chi connectivity index (χ1n) is 8.50. The molecule has 140 valence electrons. The van der Waals surface area contributed by atoms with E-state index in [9.17, 15) is 17.6 Å². The van der Waals surface area contributed by atoms with E-state index in [0.717, 1.165) is 30.2 Å². The van der Waals surface area contributed by atoms with Gasteiger partial charge in [0.1, 0.15) is 5.82 Å². The van der Waals surface area contributed by atoms with Crippen LogP contribution in [-0.2, 0) is 21.4 Å². The molecule has 0 aliphatic carbocycles. The summed E-state index contributed by atoms with van der Waals surface area (Å²) in [6.45, 7) is 6.05. The molecule has 1 amide bonds. The Morgan fingerprint density at radius 3 is 2.40 bits per heavy atom. The third kappa shape index (κ3) is 5.76. The maximum atomic E-state index is 13.8. The van der Waals surface area contributed by atoms with Gasteiger partial charge in [0.2, 0.25) is 15.9 Å². The smallest absolute Gasteiger partial charge is 0.223 e. The second-order valence-electron chi connectivity index (χ2n) is 6.25. The number of benzene rings is 1. The van der Waals surface area contributed by atoms with Crippen molar-refractivity contribution in [1.29, 1.82) is 0 Å². The van der Waals surface area contributed by atoms with Crippen molar-refractivity contribution in [2.24, 2.45) is 0 Å². The molecule has 1 fully saturated rings. The van der Waals surface area contributed by atoms with Crippen LogP contribution in [0.1, 0.15) is 18.9 Å². The predicted octanol–water partition coefficient (Wildman–Crippen LogP) is 1.14. The maximum Gasteiger partial charge on any atom is 0.223 e. The van der Waals surface area contributed by atoms with Gasteiger partial charge in [-0.15, -0.1) is 0 Å². The van der Waals surface area contributed by atoms with Crippen LogP contribution in [0.25, 0.3) is 0 Å². The van der Waals surface area contributed by atoms with Gasteiger partial charge in [-0.05, 0) is 12.6 Å². The molecule has 0 aromatic heterocycles. The van der Waals surface area contributed by atoms with Crippen LogP contribution in [0.3, 0.4) is 0 Å². The molecule has 0 unspecified atom stereocenters. The summed E-state index contributed by atoms with van der Waals surface area (Å²) < 4.78 is 38.9. The lowest BCUT2D eigenvalue weighted by molar-refractivity contribution is -0.133. The van der Waals surface area contributed by atoms with Crippen LogP contribution in [0.2, 0.25) is 0 Å². The number of carbonyl (C=O) groups is 1. The fourth-order valence-corrected chi connectivity index (χ4v) is 3.67. The Morgan fingerprint density at radius 1 is 1.20 bits per heavy atom. The van der Waals surface area contributed by atoms with Crippen molar-refractivity contribution in [3.8, 4) is 0 Å². The van der Waals surface area contributed by atoms with E-state index in [1.54, 1.807) is 23.1 Å². The highest BCUT2D eigenvalue weighted by molar-refractivity contribution is 7.88. The van der Waals surface area contributed by atoms with Crippen LogP contribution in [0.5, 0.6) is 0 Å². The van der Waals surface area contributed by atoms with Crippen molar-refractivity contribution in [2.75, 3.05) is 45.5 Å². The molecule has 0 saturated carbocycles. The molecular weight excluding hydrogens is 345 g/mol. The van der Waals surface area contributed by atoms with Crippen LogP contribution in [0.15, 0.2) is 24.3 Å². The standard InChI is InChI=1S/C17H26FN3O3S/c1-3-19-10-12-20(13-11-19)17(22)8-9-21(25(2,23)24)14-15-6-4-5-7-16(15)18/h4-7H,3,8-14H2,1-2H3. The highest BCUT2D eigenvalue weighted by Gasteiger charge is 2.23. The van der Waals surface area contributed by atoms with E-state index in [1.165, 1.54) is 6.07 Å². The van der Waals surface area contributed by atoms with Gasteiger partial charge in [-0.3, -0.25) is 4.79 Å². The highest BCUT2D eigenvalue weighted by atomic mass is 32.2. The number of likely N-dealkylation sites (N-methyl/N-ethyl adjacent to an activating group) is 1. The summed E-state index contributed by atoms with van der Waals surface area (Å²) in [4.78, 5) is 16.4. The van der Waals surface area contributed by atoms with Crippen LogP contribution >= 0.6 is 0 Å². The molecule has 6 nitrogen and oxygen atoms in total. The van der Waals surface area contributed by atoms with Crippen molar-refractivity contribution in [2.45, 2.75) is 19.9 Å². The highest BCUT2D eigenvalue weighted by Crippen LogP contribution is 2.13. The minimum Gasteiger partial charge on any atom is -0.340 e. The first-order valence-corrected chi connectivity index (χ1v) is 10.3. The van der Waals surface area contributed by atoms with E-state index < -0.39 is 15.8 Å². The van der Waals surface area contributed by atoms with Gasteiger partial charge in [-0.2, -0.15) is 4.31 Å². The fraction of sp³-hybridized carbons (Fsp3) is 0.588.